The van der Waals surface area contributed by atoms with Gasteiger partial charge in [-0.1, -0.05) is 59.3 Å². The number of hydrogen-bond donors (Lipinski definition) is 14. The van der Waals surface area contributed by atoms with Crippen LogP contribution >= 0.6 is 0 Å². The molecule has 4 aliphatic heterocycles. The largest absolute Gasteiger partial charge is 0.479 e. The zero-order chi connectivity index (χ0) is 64.9. The molecule has 0 radical (unpaired) electrons. The monoisotopic (exact) mass is 1260 g/mol. The highest BCUT2D eigenvalue weighted by atomic mass is 16.8. The lowest BCUT2D eigenvalue weighted by molar-refractivity contribution is -0.400. The van der Waals surface area contributed by atoms with Crippen LogP contribution in [-0.2, 0) is 66.5 Å². The second kappa shape index (κ2) is 25.6. The third kappa shape index (κ3) is 11.2. The summed E-state index contributed by atoms with van der Waals surface area (Å²) < 4.78 is 60.6. The van der Waals surface area contributed by atoms with E-state index in [1.807, 2.05) is 13.8 Å². The van der Waals surface area contributed by atoms with Crippen molar-refractivity contribution in [1.29, 1.82) is 0 Å². The van der Waals surface area contributed by atoms with Gasteiger partial charge in [0.2, 0.25) is 0 Å². The molecule has 14 N–H and O–H groups in total. The molecule has 500 valence electrons. The minimum Gasteiger partial charge on any atom is -0.479 e. The van der Waals surface area contributed by atoms with Crippen LogP contribution in [0.5, 0.6) is 0 Å². The van der Waals surface area contributed by atoms with Crippen LogP contribution in [0.4, 0.5) is 0 Å². The molecule has 9 rings (SSSR count). The van der Waals surface area contributed by atoms with Gasteiger partial charge in [0.15, 0.2) is 31.3 Å². The van der Waals surface area contributed by atoms with Gasteiger partial charge in [-0.3, -0.25) is 4.79 Å². The van der Waals surface area contributed by atoms with Crippen molar-refractivity contribution in [3.63, 3.8) is 0 Å². The van der Waals surface area contributed by atoms with Gasteiger partial charge in [-0.05, 0) is 92.8 Å². The van der Waals surface area contributed by atoms with Crippen molar-refractivity contribution in [1.82, 2.24) is 0 Å². The number of carboxylic acids is 1. The van der Waals surface area contributed by atoms with E-state index in [9.17, 15) is 90.7 Å². The van der Waals surface area contributed by atoms with Crippen LogP contribution in [0.3, 0.4) is 0 Å². The summed E-state index contributed by atoms with van der Waals surface area (Å²) in [4.78, 5) is 53.9. The van der Waals surface area contributed by atoms with Crippen molar-refractivity contribution in [3.05, 3.63) is 23.3 Å². The first-order valence-corrected chi connectivity index (χ1v) is 30.5. The zero-order valence-electron chi connectivity index (χ0n) is 51.0. The van der Waals surface area contributed by atoms with Crippen LogP contribution < -0.4 is 0 Å². The molecule has 0 amide bonds. The van der Waals surface area contributed by atoms with Gasteiger partial charge in [0.05, 0.1) is 49.5 Å². The number of aliphatic hydroxyl groups excluding tert-OH is 13. The van der Waals surface area contributed by atoms with Crippen LogP contribution in [0.1, 0.15) is 107 Å². The Kier molecular flexibility index (Phi) is 20.1. The van der Waals surface area contributed by atoms with Crippen LogP contribution in [0.15, 0.2) is 23.3 Å². The van der Waals surface area contributed by atoms with Crippen molar-refractivity contribution in [2.24, 2.45) is 50.2 Å². The Hall–Kier alpha value is -3.28. The molecule has 4 saturated heterocycles. The number of aldehydes is 1. The van der Waals surface area contributed by atoms with Gasteiger partial charge in [0.1, 0.15) is 104 Å². The molecule has 0 bridgehead atoms. The molecule has 9 aliphatic rings. The topological polar surface area (TPSA) is 444 Å². The van der Waals surface area contributed by atoms with E-state index in [1.165, 1.54) is 6.92 Å². The summed E-state index contributed by atoms with van der Waals surface area (Å²) in [5.74, 6) is -4.31. The van der Waals surface area contributed by atoms with Gasteiger partial charge in [-0.2, -0.15) is 0 Å². The van der Waals surface area contributed by atoms with E-state index in [2.05, 4.69) is 26.8 Å². The number of allylic oxidation sites excluding steroid dienone is 3. The van der Waals surface area contributed by atoms with Crippen molar-refractivity contribution >= 4 is 24.2 Å². The smallest absolute Gasteiger partial charge is 0.335 e. The average molecular weight is 1260 g/mol. The third-order valence-corrected chi connectivity index (χ3v) is 22.6. The molecule has 88 heavy (non-hydrogen) atoms. The second-order valence-corrected chi connectivity index (χ2v) is 27.7. The van der Waals surface area contributed by atoms with E-state index in [-0.39, 0.29) is 18.8 Å². The minimum absolute atomic E-state index is 0.0926. The molecule has 4 heterocycles. The molecule has 28 nitrogen and oxygen atoms in total. The second-order valence-electron chi connectivity index (χ2n) is 27.7. The summed E-state index contributed by atoms with van der Waals surface area (Å²) in [5, 5.41) is 154. The van der Waals surface area contributed by atoms with Crippen molar-refractivity contribution in [2.75, 3.05) is 26.4 Å². The zero-order valence-corrected chi connectivity index (χ0v) is 51.0. The fourth-order valence-corrected chi connectivity index (χ4v) is 17.3. The summed E-state index contributed by atoms with van der Waals surface area (Å²) in [7, 11) is 0. The molecule has 8 fully saturated rings. The van der Waals surface area contributed by atoms with E-state index in [0.717, 1.165) is 11.9 Å². The number of esters is 2. The van der Waals surface area contributed by atoms with E-state index in [4.69, 9.17) is 47.4 Å². The quantitative estimate of drug-likeness (QED) is 0.0247. The number of aliphatic hydroxyl groups is 13. The summed E-state index contributed by atoms with van der Waals surface area (Å²) in [6.07, 6.45) is -35.5. The number of aliphatic carboxylic acids is 1. The molecular weight excluding hydrogens is 1170 g/mol. The predicted molar refractivity (Wildman–Crippen MR) is 295 cm³/mol. The van der Waals surface area contributed by atoms with E-state index < -0.39 is 230 Å². The lowest BCUT2D eigenvalue weighted by Crippen LogP contribution is -2.72. The molecule has 0 spiro atoms. The highest BCUT2D eigenvalue weighted by Crippen LogP contribution is 2.76. The molecule has 0 aromatic heterocycles. The Morgan fingerprint density at radius 1 is 0.648 bits per heavy atom. The number of fused-ring (bicyclic) bond motifs is 7. The first-order chi connectivity index (χ1) is 41.2. The highest BCUT2D eigenvalue weighted by Gasteiger charge is 2.74. The van der Waals surface area contributed by atoms with Crippen molar-refractivity contribution < 1.29 is 138 Å². The lowest BCUT2D eigenvalue weighted by Gasteiger charge is -2.72. The fraction of sp³-hybridized carbons (Fsp3) is 0.867. The average Bonchev–Trinajstić information content (AvgIpc) is 0.673. The van der Waals surface area contributed by atoms with Crippen molar-refractivity contribution in [2.45, 2.75) is 248 Å². The number of carbonyl (C=O) groups is 4. The van der Waals surface area contributed by atoms with Gasteiger partial charge in [0.25, 0.3) is 0 Å². The molecule has 31 atom stereocenters. The van der Waals surface area contributed by atoms with E-state index >= 15 is 0 Å². The maximum Gasteiger partial charge on any atom is 0.335 e. The van der Waals surface area contributed by atoms with Crippen LogP contribution in [0, 0.1) is 50.2 Å². The Balaban J connectivity index is 1.05. The van der Waals surface area contributed by atoms with Crippen LogP contribution in [0.2, 0.25) is 0 Å². The summed E-state index contributed by atoms with van der Waals surface area (Å²) in [5.41, 5.74) is -4.52. The maximum absolute atomic E-state index is 14.2. The summed E-state index contributed by atoms with van der Waals surface area (Å²) >= 11 is 0. The first-order valence-electron chi connectivity index (χ1n) is 30.5. The van der Waals surface area contributed by atoms with Crippen molar-refractivity contribution in [3.8, 4) is 0 Å². The molecule has 4 saturated carbocycles. The number of hydrogen-bond acceptors (Lipinski definition) is 27. The Bertz CT molecular complexity index is 2600. The predicted octanol–water partition coefficient (Wildman–Crippen LogP) is -2.65. The van der Waals surface area contributed by atoms with Gasteiger partial charge in [-0.15, -0.1) is 0 Å². The minimum atomic E-state index is -2.32. The number of carbonyl (C=O) groups excluding carboxylic acids is 3. The van der Waals surface area contributed by atoms with Gasteiger partial charge in [-0.25, -0.2) is 9.59 Å². The molecule has 0 aromatic carbocycles. The Morgan fingerprint density at radius 3 is 1.78 bits per heavy atom. The summed E-state index contributed by atoms with van der Waals surface area (Å²) in [6.45, 7) is 13.4. The van der Waals surface area contributed by atoms with Crippen LogP contribution in [0.25, 0.3) is 0 Å². The fourth-order valence-electron chi connectivity index (χ4n) is 17.3. The van der Waals surface area contributed by atoms with Gasteiger partial charge < -0.3 is 124 Å². The summed E-state index contributed by atoms with van der Waals surface area (Å²) in [6, 6.07) is 0. The Morgan fingerprint density at radius 2 is 1.24 bits per heavy atom. The normalized spacial score (nSPS) is 51.1. The lowest BCUT2D eigenvalue weighted by atomic mass is 9.33. The van der Waals surface area contributed by atoms with E-state index in [1.54, 1.807) is 26.8 Å². The molecule has 0 aromatic rings. The third-order valence-electron chi connectivity index (χ3n) is 22.6. The molecule has 28 heteroatoms. The number of ether oxygens (including phenoxy) is 10. The maximum atomic E-state index is 14.2. The van der Waals surface area contributed by atoms with E-state index in [0.29, 0.717) is 37.7 Å². The molecule has 5 aliphatic carbocycles. The standard InChI is InChI=1S/C60H92O28/c1-10-24(2)50(78)88-47-48(80-25(3)65)60(23-64)27(17-55(47,4)5)26-11-12-32-56(6)15-14-34(57(7,22-63)31(56)13-16-58(32,8)59(26,9)18-33(60)67)83-54-46(87-52-41(74)39(72)37(70)30(20-62)82-52)43(42(75)44(85-54)49(76)77)84-53-45(35(68)28(66)21-79-53)86-51-40(73)38(71)36(69)29(19-61)81-51/h10-11,22,27-48,51-54,61-62,64,66-75H,12-21,23H2,1-9H3,(H,76,77)/b24-10+/t27-,28-,29+,30+,31+,32+,33+,34-,35-,36+,37-,38-,39-,40+,41+,42-,43-,44-,45+,46+,47-,48-,51-,52-,53-,54+,56-,57-,58+,59+,60-/m0/s1. The molecule has 0 unspecified atom stereocenters. The van der Waals surface area contributed by atoms with Gasteiger partial charge in [0, 0.05) is 17.9 Å². The van der Waals surface area contributed by atoms with Gasteiger partial charge >= 0.3 is 17.9 Å². The highest BCUT2D eigenvalue weighted by molar-refractivity contribution is 5.87. The first kappa shape index (κ1) is 69.1. The molecular formula is C60H92O28. The number of carboxylic acid groups (broad SMARTS) is 1. The SMILES string of the molecule is C/C=C(\C)C(=O)O[C@H]1[C@H](OC(C)=O)[C@]2(CO)[C@H](O)C[C@]3(C)C(=CC[C@@H]4[C@@]5(C)CC[C@H](O[C@@H]6O[C@H](C(=O)O)[C@@H](O)[C@H](O[C@@H]7OC[C@H](O)[C@H](O)[C@H]7O[C@@H]7O[C@H](CO)[C@@H](O)[C@H](O)[C@H]7O)[C@H]6O[C@@H]6O[C@H](CO)[C@H](O)[C@H](O)[C@H]6O)[C@@](C)(C=O)[C@@H]5CC[C@]43C)[C@@H]2CC1(C)C. The number of rotatable bonds is 16. The van der Waals surface area contributed by atoms with Crippen LogP contribution in [-0.4, -0.2) is 263 Å². The Labute approximate surface area is 509 Å².